The summed E-state index contributed by atoms with van der Waals surface area (Å²) in [5.41, 5.74) is 1.90. The Morgan fingerprint density at radius 3 is 2.77 bits per heavy atom. The van der Waals surface area contributed by atoms with E-state index in [-0.39, 0.29) is 18.1 Å². The van der Waals surface area contributed by atoms with Crippen LogP contribution in [0.1, 0.15) is 16.3 Å². The van der Waals surface area contributed by atoms with Gasteiger partial charge in [0.1, 0.15) is 10.7 Å². The quantitative estimate of drug-likeness (QED) is 0.476. The number of rotatable bonds is 4. The van der Waals surface area contributed by atoms with Gasteiger partial charge in [0.15, 0.2) is 0 Å². The first kappa shape index (κ1) is 20.6. The van der Waals surface area contributed by atoms with Crippen LogP contribution in [-0.4, -0.2) is 32.4 Å². The van der Waals surface area contributed by atoms with Crippen molar-refractivity contribution in [3.8, 4) is 11.1 Å². The van der Waals surface area contributed by atoms with Gasteiger partial charge >= 0.3 is 6.18 Å². The van der Waals surface area contributed by atoms with Gasteiger partial charge in [0.05, 0.1) is 23.8 Å². The third kappa shape index (κ3) is 3.88. The number of hydrogen-bond donors (Lipinski definition) is 0. The Morgan fingerprint density at radius 2 is 2.07 bits per heavy atom. The van der Waals surface area contributed by atoms with Gasteiger partial charge in [0.25, 0.3) is 0 Å². The number of halogens is 4. The fraction of sp³-hybridized carbons (Fsp3) is 0.200. The van der Waals surface area contributed by atoms with Gasteiger partial charge in [-0.05, 0) is 17.7 Å². The van der Waals surface area contributed by atoms with Gasteiger partial charge in [-0.15, -0.1) is 11.3 Å². The number of hydrogen-bond acceptors (Lipinski definition) is 5. The van der Waals surface area contributed by atoms with Crippen molar-refractivity contribution in [2.75, 3.05) is 13.1 Å². The molecule has 0 atom stereocenters. The van der Waals surface area contributed by atoms with Crippen LogP contribution in [0, 0.1) is 0 Å². The maximum atomic E-state index is 13.7. The molecular weight excluding hydrogens is 437 g/mol. The number of aromatic nitrogens is 3. The number of thiazole rings is 1. The average Bonchev–Trinajstić information content (AvgIpc) is 3.45. The molecule has 0 N–H and O–H groups in total. The van der Waals surface area contributed by atoms with Crippen LogP contribution in [0.25, 0.3) is 22.3 Å². The molecule has 0 unspecified atom stereocenters. The maximum Gasteiger partial charge on any atom is 0.420 e. The molecule has 0 spiro atoms. The van der Waals surface area contributed by atoms with Gasteiger partial charge in [-0.25, -0.2) is 9.97 Å². The molecule has 0 radical (unpaired) electrons. The minimum absolute atomic E-state index is 0. The first-order valence-corrected chi connectivity index (χ1v) is 9.78. The Morgan fingerprint density at radius 1 is 1.20 bits per heavy atom. The van der Waals surface area contributed by atoms with E-state index in [9.17, 15) is 13.2 Å². The van der Waals surface area contributed by atoms with Gasteiger partial charge in [-0.3, -0.25) is 4.90 Å². The van der Waals surface area contributed by atoms with Crippen molar-refractivity contribution in [2.24, 2.45) is 0 Å². The molecule has 0 aromatic carbocycles. The van der Waals surface area contributed by atoms with Crippen LogP contribution in [0.5, 0.6) is 0 Å². The molecule has 5 heterocycles. The zero-order chi connectivity index (χ0) is 20.0. The number of furan rings is 1. The topological polar surface area (TPSA) is 46.6 Å². The lowest BCUT2D eigenvalue weighted by Gasteiger charge is -2.13. The second-order valence-corrected chi connectivity index (χ2v) is 7.75. The summed E-state index contributed by atoms with van der Waals surface area (Å²) < 4.78 is 47.5. The molecule has 1 aliphatic heterocycles. The summed E-state index contributed by atoms with van der Waals surface area (Å²) in [5, 5.41) is 2.91. The molecular formula is C20H15ClF3N4OS-. The van der Waals surface area contributed by atoms with E-state index in [1.807, 2.05) is 5.38 Å². The standard InChI is InChI=1S/C20H15F3N4OS.ClH/c21-20(22,23)17-7-15(14-2-5-28-12-14)9-27-11-16(25-18(17)27)10-26-4-1-13(8-26)19-24-3-6-29-19;/h1-3,5-7,9,11-12H,4,8,10H2;1H/p-1. The van der Waals surface area contributed by atoms with E-state index in [2.05, 4.69) is 20.9 Å². The monoisotopic (exact) mass is 451 g/mol. The molecule has 0 fully saturated rings. The van der Waals surface area contributed by atoms with Crippen molar-refractivity contribution in [2.45, 2.75) is 12.7 Å². The van der Waals surface area contributed by atoms with Gasteiger partial charge in [0, 0.05) is 54.7 Å². The summed E-state index contributed by atoms with van der Waals surface area (Å²) in [6.45, 7) is 1.88. The lowest BCUT2D eigenvalue weighted by Crippen LogP contribution is -3.00. The molecule has 0 saturated heterocycles. The normalized spacial score (nSPS) is 14.8. The first-order chi connectivity index (χ1) is 14.0. The summed E-state index contributed by atoms with van der Waals surface area (Å²) in [6, 6.07) is 2.75. The van der Waals surface area contributed by atoms with Crippen LogP contribution in [-0.2, 0) is 12.7 Å². The molecule has 0 saturated carbocycles. The largest absolute Gasteiger partial charge is 1.00 e. The van der Waals surface area contributed by atoms with E-state index in [0.29, 0.717) is 29.9 Å². The van der Waals surface area contributed by atoms with Gasteiger partial charge < -0.3 is 21.2 Å². The third-order valence-electron chi connectivity index (χ3n) is 4.84. The molecule has 5 rings (SSSR count). The minimum atomic E-state index is -4.50. The minimum Gasteiger partial charge on any atom is -1.00 e. The second kappa shape index (κ2) is 7.90. The molecule has 10 heteroatoms. The van der Waals surface area contributed by atoms with Crippen LogP contribution in [0.4, 0.5) is 13.2 Å². The lowest BCUT2D eigenvalue weighted by atomic mass is 10.1. The highest BCUT2D eigenvalue weighted by Gasteiger charge is 2.35. The molecule has 30 heavy (non-hydrogen) atoms. The van der Waals surface area contributed by atoms with Crippen LogP contribution >= 0.6 is 11.3 Å². The predicted molar refractivity (Wildman–Crippen MR) is 103 cm³/mol. The maximum absolute atomic E-state index is 13.7. The van der Waals surface area contributed by atoms with E-state index >= 15 is 0 Å². The molecule has 0 bridgehead atoms. The Bertz CT molecular complexity index is 1180. The highest BCUT2D eigenvalue weighted by Crippen LogP contribution is 2.35. The number of imidazole rings is 1. The summed E-state index contributed by atoms with van der Waals surface area (Å²) in [6.07, 6.45) is 5.54. The fourth-order valence-electron chi connectivity index (χ4n) is 3.52. The van der Waals surface area contributed by atoms with Gasteiger partial charge in [0.2, 0.25) is 0 Å². The molecule has 5 nitrogen and oxygen atoms in total. The lowest BCUT2D eigenvalue weighted by molar-refractivity contribution is -0.136. The van der Waals surface area contributed by atoms with Crippen molar-refractivity contribution < 1.29 is 30.0 Å². The van der Waals surface area contributed by atoms with Crippen molar-refractivity contribution in [1.29, 1.82) is 0 Å². The number of fused-ring (bicyclic) bond motifs is 1. The third-order valence-corrected chi connectivity index (χ3v) is 5.69. The van der Waals surface area contributed by atoms with Crippen LogP contribution < -0.4 is 12.4 Å². The molecule has 156 valence electrons. The molecule has 1 aliphatic rings. The van der Waals surface area contributed by atoms with E-state index < -0.39 is 11.7 Å². The zero-order valence-corrected chi connectivity index (χ0v) is 17.0. The molecule has 4 aromatic rings. The van der Waals surface area contributed by atoms with E-state index in [1.165, 1.54) is 16.9 Å². The fourth-order valence-corrected chi connectivity index (χ4v) is 4.19. The number of pyridine rings is 1. The summed E-state index contributed by atoms with van der Waals surface area (Å²) in [4.78, 5) is 10.7. The van der Waals surface area contributed by atoms with Gasteiger partial charge in [-0.2, -0.15) is 13.2 Å². The Balaban J connectivity index is 0.00000218. The highest BCUT2D eigenvalue weighted by atomic mass is 35.5. The highest BCUT2D eigenvalue weighted by molar-refractivity contribution is 7.10. The zero-order valence-electron chi connectivity index (χ0n) is 15.4. The van der Waals surface area contributed by atoms with Crippen molar-refractivity contribution in [3.63, 3.8) is 0 Å². The van der Waals surface area contributed by atoms with Crippen LogP contribution in [0.15, 0.2) is 59.1 Å². The van der Waals surface area contributed by atoms with Crippen LogP contribution in [0.2, 0.25) is 0 Å². The summed E-state index contributed by atoms with van der Waals surface area (Å²) in [5.74, 6) is 0. The smallest absolute Gasteiger partial charge is 0.420 e. The van der Waals surface area contributed by atoms with Crippen molar-refractivity contribution in [1.82, 2.24) is 19.3 Å². The second-order valence-electron chi connectivity index (χ2n) is 6.85. The van der Waals surface area contributed by atoms with E-state index in [0.717, 1.165) is 23.2 Å². The predicted octanol–water partition coefficient (Wildman–Crippen LogP) is 1.97. The number of alkyl halides is 3. The molecule has 4 aromatic heterocycles. The van der Waals surface area contributed by atoms with Crippen LogP contribution in [0.3, 0.4) is 0 Å². The van der Waals surface area contributed by atoms with E-state index in [1.54, 1.807) is 36.0 Å². The van der Waals surface area contributed by atoms with Gasteiger partial charge in [-0.1, -0.05) is 6.08 Å². The molecule has 0 amide bonds. The first-order valence-electron chi connectivity index (χ1n) is 8.90. The SMILES string of the molecule is FC(F)(F)c1cc(-c2ccoc2)cn2cc(CN3CC=C(c4nccs4)C3)nc12.[Cl-]. The van der Waals surface area contributed by atoms with Crippen molar-refractivity contribution in [3.05, 3.63) is 71.0 Å². The Labute approximate surface area is 179 Å². The van der Waals surface area contributed by atoms with Crippen molar-refractivity contribution >= 4 is 22.6 Å². The Hall–Kier alpha value is -2.62. The Kier molecular flexibility index (Phi) is 5.44. The summed E-state index contributed by atoms with van der Waals surface area (Å²) in [7, 11) is 0. The number of nitrogens with zero attached hydrogens (tertiary/aromatic N) is 4. The average molecular weight is 452 g/mol. The summed E-state index contributed by atoms with van der Waals surface area (Å²) >= 11 is 1.58. The van der Waals surface area contributed by atoms with E-state index in [4.69, 9.17) is 4.42 Å². The molecule has 0 aliphatic carbocycles.